The van der Waals surface area contributed by atoms with Gasteiger partial charge in [0.05, 0.1) is 44.7 Å². The molecule has 11 aromatic rings. The van der Waals surface area contributed by atoms with Crippen molar-refractivity contribution in [3.63, 3.8) is 0 Å². The summed E-state index contributed by atoms with van der Waals surface area (Å²) in [6.45, 7) is 0. The van der Waals surface area contributed by atoms with Gasteiger partial charge in [-0.25, -0.2) is 14.4 Å². The van der Waals surface area contributed by atoms with Gasteiger partial charge in [-0.1, -0.05) is 84.9 Å². The third-order valence-corrected chi connectivity index (χ3v) is 9.73. The maximum atomic E-state index is 9.97. The zero-order valence-electron chi connectivity index (χ0n) is 24.9. The maximum Gasteiger partial charge on any atom is 0.223 e. The van der Waals surface area contributed by atoms with Crippen LogP contribution in [-0.2, 0) is 0 Å². The molecule has 4 heterocycles. The van der Waals surface area contributed by atoms with Gasteiger partial charge in [0.15, 0.2) is 0 Å². The van der Waals surface area contributed by atoms with Gasteiger partial charge in [0.2, 0.25) is 11.6 Å². The summed E-state index contributed by atoms with van der Waals surface area (Å²) in [5.74, 6) is 1.66. The van der Waals surface area contributed by atoms with E-state index in [1.54, 1.807) is 0 Å². The molecule has 0 N–H and O–H groups in total. The highest BCUT2D eigenvalue weighted by Gasteiger charge is 2.25. The summed E-state index contributed by atoms with van der Waals surface area (Å²) in [5, 5.41) is 14.6. The molecule has 0 amide bonds. The lowest BCUT2D eigenvalue weighted by molar-refractivity contribution is 1.15. The van der Waals surface area contributed by atoms with E-state index in [0.29, 0.717) is 5.56 Å². The number of imidazole rings is 4. The quantitative estimate of drug-likeness (QED) is 0.199. The molecule has 11 rings (SSSR count). The van der Waals surface area contributed by atoms with E-state index in [1.807, 2.05) is 18.2 Å². The average molecular weight is 599 g/mol. The van der Waals surface area contributed by atoms with Gasteiger partial charge in [-0.3, -0.25) is 8.80 Å². The molecule has 4 aromatic heterocycles. The van der Waals surface area contributed by atoms with Gasteiger partial charge in [0.1, 0.15) is 5.52 Å². The zero-order chi connectivity index (χ0) is 30.8. The fraction of sp³-hybridized carbons (Fsp3) is 0. The van der Waals surface area contributed by atoms with Crippen LogP contribution < -0.4 is 0 Å². The third-order valence-electron chi connectivity index (χ3n) is 9.73. The molecule has 6 heteroatoms. The topological polar surface area (TPSA) is 62.8 Å². The van der Waals surface area contributed by atoms with Crippen LogP contribution in [0.25, 0.3) is 94.0 Å². The molecular weight excluding hydrogens is 576 g/mol. The summed E-state index contributed by atoms with van der Waals surface area (Å²) in [6.07, 6.45) is 0. The van der Waals surface area contributed by atoms with Gasteiger partial charge < -0.3 is 0 Å². The van der Waals surface area contributed by atoms with E-state index in [0.717, 1.165) is 83.2 Å². The molecule has 0 atom stereocenters. The van der Waals surface area contributed by atoms with Gasteiger partial charge in [-0.2, -0.15) is 5.26 Å². The fourth-order valence-corrected chi connectivity index (χ4v) is 7.62. The monoisotopic (exact) mass is 598 g/mol. The normalized spacial score (nSPS) is 12.2. The van der Waals surface area contributed by atoms with E-state index in [2.05, 4.69) is 135 Å². The molecule has 0 aliphatic carbocycles. The fourth-order valence-electron chi connectivity index (χ4n) is 7.62. The molecule has 47 heavy (non-hydrogen) atoms. The average Bonchev–Trinajstić information content (AvgIpc) is 3.84. The molecular formula is C41H22N6. The molecule has 216 valence electrons. The predicted octanol–water partition coefficient (Wildman–Crippen LogP) is 9.64. The first-order chi connectivity index (χ1) is 23.2. The Morgan fingerprint density at radius 3 is 1.53 bits per heavy atom. The lowest BCUT2D eigenvalue weighted by atomic mass is 9.92. The van der Waals surface area contributed by atoms with Crippen molar-refractivity contribution in [1.82, 2.24) is 23.2 Å². The van der Waals surface area contributed by atoms with Crippen molar-refractivity contribution in [2.75, 3.05) is 0 Å². The highest BCUT2D eigenvalue weighted by Crippen LogP contribution is 2.41. The molecule has 0 saturated carbocycles. The second-order valence-electron chi connectivity index (χ2n) is 12.3. The van der Waals surface area contributed by atoms with E-state index in [-0.39, 0.29) is 0 Å². The van der Waals surface area contributed by atoms with Gasteiger partial charge in [0.25, 0.3) is 0 Å². The predicted molar refractivity (Wildman–Crippen MR) is 189 cm³/mol. The van der Waals surface area contributed by atoms with Gasteiger partial charge in [-0.05, 0) is 92.3 Å². The smallest absolute Gasteiger partial charge is 0.223 e. The lowest BCUT2D eigenvalue weighted by Gasteiger charge is -2.12. The van der Waals surface area contributed by atoms with Crippen LogP contribution in [0.4, 0.5) is 0 Å². The van der Waals surface area contributed by atoms with Gasteiger partial charge >= 0.3 is 0 Å². The minimum Gasteiger partial charge on any atom is -0.276 e. The van der Waals surface area contributed by atoms with E-state index in [4.69, 9.17) is 9.97 Å². The maximum absolute atomic E-state index is 9.97. The van der Waals surface area contributed by atoms with Crippen molar-refractivity contribution >= 4 is 71.7 Å². The van der Waals surface area contributed by atoms with Crippen LogP contribution in [0, 0.1) is 11.3 Å². The second-order valence-corrected chi connectivity index (χ2v) is 12.3. The number of fused-ring (bicyclic) bond motifs is 12. The number of benzene rings is 7. The number of rotatable bonds is 2. The minimum absolute atomic E-state index is 0.624. The summed E-state index contributed by atoms with van der Waals surface area (Å²) in [6, 6.07) is 49.0. The Hall–Kier alpha value is -6.71. The number of nitriles is 1. The Morgan fingerprint density at radius 2 is 0.979 bits per heavy atom. The molecule has 0 radical (unpaired) electrons. The van der Waals surface area contributed by atoms with Crippen molar-refractivity contribution < 1.29 is 0 Å². The first-order valence-electron chi connectivity index (χ1n) is 15.6. The van der Waals surface area contributed by atoms with Crippen LogP contribution in [0.1, 0.15) is 5.56 Å². The van der Waals surface area contributed by atoms with E-state index >= 15 is 0 Å². The molecule has 0 aliphatic heterocycles. The molecule has 0 bridgehead atoms. The van der Waals surface area contributed by atoms with Crippen molar-refractivity contribution in [3.8, 4) is 28.3 Å². The standard InChI is InChI=1S/C41H22N6/c42-23-24-14-15-31(25-8-2-1-3-9-25)32(16-24)30-21-37-39-38(22-30)46-36-20-29-13-7-5-11-27(29)18-34(36)44-41(46)47(39)40-43-33-17-26-10-4-6-12-28(26)19-35(33)45(37)40/h1-22H. The Labute approximate surface area is 266 Å². The number of aromatic nitrogens is 5. The van der Waals surface area contributed by atoms with Crippen molar-refractivity contribution in [3.05, 3.63) is 139 Å². The Bertz CT molecular complexity index is 2980. The molecule has 0 saturated heterocycles. The SMILES string of the molecule is N#Cc1ccc(-c2ccccc2)c(-c2cc3c4c(c2)n2c5cc6ccccc6cc5nc2n4c2nc4cc5ccccc5cc4n32)c1. The van der Waals surface area contributed by atoms with Gasteiger partial charge in [0, 0.05) is 0 Å². The van der Waals surface area contributed by atoms with E-state index < -0.39 is 0 Å². The number of hydrogen-bond donors (Lipinski definition) is 0. The Morgan fingerprint density at radius 1 is 0.447 bits per heavy atom. The zero-order valence-corrected chi connectivity index (χ0v) is 24.9. The van der Waals surface area contributed by atoms with Crippen LogP contribution in [-0.4, -0.2) is 23.2 Å². The highest BCUT2D eigenvalue weighted by atomic mass is 15.3. The van der Waals surface area contributed by atoms with Crippen molar-refractivity contribution in [2.45, 2.75) is 0 Å². The molecule has 0 unspecified atom stereocenters. The largest absolute Gasteiger partial charge is 0.276 e. The molecule has 0 fully saturated rings. The van der Waals surface area contributed by atoms with Gasteiger partial charge in [-0.15, -0.1) is 0 Å². The van der Waals surface area contributed by atoms with Crippen molar-refractivity contribution in [1.29, 1.82) is 5.26 Å². The Kier molecular flexibility index (Phi) is 4.56. The summed E-state index contributed by atoms with van der Waals surface area (Å²) in [7, 11) is 0. The number of hydrogen-bond acceptors (Lipinski definition) is 3. The summed E-state index contributed by atoms with van der Waals surface area (Å²) in [5.41, 5.74) is 12.0. The van der Waals surface area contributed by atoms with Crippen LogP contribution >= 0.6 is 0 Å². The van der Waals surface area contributed by atoms with Crippen LogP contribution in [0.15, 0.2) is 133 Å². The first kappa shape index (κ1) is 24.6. The second kappa shape index (κ2) is 8.72. The molecule has 7 aromatic carbocycles. The lowest BCUT2D eigenvalue weighted by Crippen LogP contribution is -1.91. The van der Waals surface area contributed by atoms with Crippen LogP contribution in [0.3, 0.4) is 0 Å². The van der Waals surface area contributed by atoms with E-state index in [9.17, 15) is 5.26 Å². The number of nitrogens with zero attached hydrogens (tertiary/aromatic N) is 6. The van der Waals surface area contributed by atoms with E-state index in [1.165, 1.54) is 10.8 Å². The molecule has 0 spiro atoms. The minimum atomic E-state index is 0.624. The molecule has 6 nitrogen and oxygen atoms in total. The summed E-state index contributed by atoms with van der Waals surface area (Å²) in [4.78, 5) is 10.5. The summed E-state index contributed by atoms with van der Waals surface area (Å²) >= 11 is 0. The van der Waals surface area contributed by atoms with Crippen LogP contribution in [0.2, 0.25) is 0 Å². The first-order valence-corrected chi connectivity index (χ1v) is 15.6. The van der Waals surface area contributed by atoms with Crippen LogP contribution in [0.5, 0.6) is 0 Å². The Balaban J connectivity index is 1.35. The third kappa shape index (κ3) is 3.22. The molecule has 0 aliphatic rings. The highest BCUT2D eigenvalue weighted by molar-refractivity contribution is 6.09. The van der Waals surface area contributed by atoms with Crippen molar-refractivity contribution in [2.24, 2.45) is 0 Å². The summed E-state index contributed by atoms with van der Waals surface area (Å²) < 4.78 is 6.77.